The summed E-state index contributed by atoms with van der Waals surface area (Å²) in [5.74, 6) is -1.31. The standard InChI is InChI=1S/C9H8BrNO4/c1-14-8(12)5-3-4-6(10)11-7(5)9(13)15-2/h3-4H,1-2H3. The van der Waals surface area contributed by atoms with Gasteiger partial charge < -0.3 is 9.47 Å². The van der Waals surface area contributed by atoms with Crippen molar-refractivity contribution in [3.05, 3.63) is 28.0 Å². The van der Waals surface area contributed by atoms with Gasteiger partial charge in [-0.2, -0.15) is 0 Å². The maximum Gasteiger partial charge on any atom is 0.357 e. The van der Waals surface area contributed by atoms with Gasteiger partial charge in [0.1, 0.15) is 4.60 Å². The Morgan fingerprint density at radius 2 is 1.80 bits per heavy atom. The van der Waals surface area contributed by atoms with E-state index in [1.807, 2.05) is 0 Å². The molecule has 1 heterocycles. The lowest BCUT2D eigenvalue weighted by atomic mass is 10.2. The summed E-state index contributed by atoms with van der Waals surface area (Å²) in [6.45, 7) is 0. The number of carbonyl (C=O) groups is 2. The minimum atomic E-state index is -0.684. The van der Waals surface area contributed by atoms with Crippen molar-refractivity contribution >= 4 is 27.9 Å². The topological polar surface area (TPSA) is 65.5 Å². The van der Waals surface area contributed by atoms with E-state index in [4.69, 9.17) is 0 Å². The first-order valence-electron chi connectivity index (χ1n) is 3.93. The summed E-state index contributed by atoms with van der Waals surface area (Å²) in [6.07, 6.45) is 0. The molecular formula is C9H8BrNO4. The summed E-state index contributed by atoms with van der Waals surface area (Å²) >= 11 is 3.09. The quantitative estimate of drug-likeness (QED) is 0.602. The zero-order valence-corrected chi connectivity index (χ0v) is 9.70. The summed E-state index contributed by atoms with van der Waals surface area (Å²) < 4.78 is 9.45. The van der Waals surface area contributed by atoms with Gasteiger partial charge in [-0.3, -0.25) is 0 Å². The highest BCUT2D eigenvalue weighted by molar-refractivity contribution is 9.10. The van der Waals surface area contributed by atoms with Crippen molar-refractivity contribution in [2.75, 3.05) is 14.2 Å². The number of ether oxygens (including phenoxy) is 2. The lowest BCUT2D eigenvalue weighted by Crippen LogP contribution is -2.13. The SMILES string of the molecule is COC(=O)c1ccc(Br)nc1C(=O)OC. The lowest BCUT2D eigenvalue weighted by molar-refractivity contribution is 0.0549. The predicted molar refractivity (Wildman–Crippen MR) is 54.6 cm³/mol. The van der Waals surface area contributed by atoms with Crippen molar-refractivity contribution in [1.82, 2.24) is 4.98 Å². The average Bonchev–Trinajstić information content (AvgIpc) is 2.26. The van der Waals surface area contributed by atoms with Crippen molar-refractivity contribution in [2.24, 2.45) is 0 Å². The average molecular weight is 274 g/mol. The number of rotatable bonds is 2. The van der Waals surface area contributed by atoms with E-state index < -0.39 is 11.9 Å². The van der Waals surface area contributed by atoms with Crippen LogP contribution in [0.5, 0.6) is 0 Å². The molecule has 0 aliphatic heterocycles. The fourth-order valence-electron chi connectivity index (χ4n) is 0.962. The van der Waals surface area contributed by atoms with Gasteiger partial charge in [-0.1, -0.05) is 0 Å². The van der Waals surface area contributed by atoms with Crippen LogP contribution < -0.4 is 0 Å². The number of halogens is 1. The molecule has 80 valence electrons. The molecule has 0 saturated carbocycles. The Bertz CT molecular complexity index is 405. The third kappa shape index (κ3) is 2.53. The van der Waals surface area contributed by atoms with E-state index in [-0.39, 0.29) is 11.3 Å². The molecule has 1 aromatic rings. The minimum Gasteiger partial charge on any atom is -0.465 e. The summed E-state index contributed by atoms with van der Waals surface area (Å²) in [4.78, 5) is 26.4. The van der Waals surface area contributed by atoms with Crippen molar-refractivity contribution < 1.29 is 19.1 Å². The van der Waals surface area contributed by atoms with Crippen LogP contribution in [0.25, 0.3) is 0 Å². The number of pyridine rings is 1. The molecule has 0 fully saturated rings. The van der Waals surface area contributed by atoms with Crippen molar-refractivity contribution in [2.45, 2.75) is 0 Å². The molecule has 1 rings (SSSR count). The molecule has 1 aromatic heterocycles. The van der Waals surface area contributed by atoms with Crippen LogP contribution in [0.2, 0.25) is 0 Å². The van der Waals surface area contributed by atoms with Gasteiger partial charge in [0.2, 0.25) is 0 Å². The van der Waals surface area contributed by atoms with Crippen molar-refractivity contribution in [1.29, 1.82) is 0 Å². The lowest BCUT2D eigenvalue weighted by Gasteiger charge is -2.05. The zero-order valence-electron chi connectivity index (χ0n) is 8.11. The Hall–Kier alpha value is -1.43. The van der Waals surface area contributed by atoms with Gasteiger partial charge in [-0.25, -0.2) is 14.6 Å². The van der Waals surface area contributed by atoms with Crippen LogP contribution in [-0.4, -0.2) is 31.1 Å². The minimum absolute atomic E-state index is 0.0706. The van der Waals surface area contributed by atoms with E-state index >= 15 is 0 Å². The van der Waals surface area contributed by atoms with Crippen LogP contribution in [0.4, 0.5) is 0 Å². The maximum atomic E-state index is 11.3. The molecule has 0 unspecified atom stereocenters. The molecule has 0 amide bonds. The van der Waals surface area contributed by atoms with Crippen LogP contribution in [0.15, 0.2) is 16.7 Å². The maximum absolute atomic E-state index is 11.3. The van der Waals surface area contributed by atoms with E-state index in [1.54, 1.807) is 6.07 Å². The molecule has 0 N–H and O–H groups in total. The van der Waals surface area contributed by atoms with E-state index in [0.717, 1.165) is 0 Å². The van der Waals surface area contributed by atoms with Crippen LogP contribution in [0.3, 0.4) is 0 Å². The molecule has 5 nitrogen and oxygen atoms in total. The first-order valence-corrected chi connectivity index (χ1v) is 4.72. The number of hydrogen-bond donors (Lipinski definition) is 0. The molecule has 15 heavy (non-hydrogen) atoms. The Morgan fingerprint density at radius 3 is 2.33 bits per heavy atom. The Labute approximate surface area is 94.5 Å². The summed E-state index contributed by atoms with van der Waals surface area (Å²) in [5.41, 5.74) is 0.00581. The second-order valence-corrected chi connectivity index (χ2v) is 3.33. The van der Waals surface area contributed by atoms with Crippen LogP contribution in [0, 0.1) is 0 Å². The highest BCUT2D eigenvalue weighted by Gasteiger charge is 2.20. The Balaban J connectivity index is 3.26. The van der Waals surface area contributed by atoms with Gasteiger partial charge in [-0.05, 0) is 28.1 Å². The van der Waals surface area contributed by atoms with E-state index in [1.165, 1.54) is 20.3 Å². The number of methoxy groups -OCH3 is 2. The number of aromatic nitrogens is 1. The number of hydrogen-bond acceptors (Lipinski definition) is 5. The van der Waals surface area contributed by atoms with Crippen LogP contribution >= 0.6 is 15.9 Å². The molecule has 0 saturated heterocycles. The largest absolute Gasteiger partial charge is 0.465 e. The summed E-state index contributed by atoms with van der Waals surface area (Å²) in [7, 11) is 2.44. The summed E-state index contributed by atoms with van der Waals surface area (Å²) in [5, 5.41) is 0. The highest BCUT2D eigenvalue weighted by atomic mass is 79.9. The molecule has 0 spiro atoms. The van der Waals surface area contributed by atoms with Crippen LogP contribution in [-0.2, 0) is 9.47 Å². The number of nitrogens with zero attached hydrogens (tertiary/aromatic N) is 1. The third-order valence-corrected chi connectivity index (χ3v) is 2.09. The Kier molecular flexibility index (Phi) is 3.79. The summed E-state index contributed by atoms with van der Waals surface area (Å²) in [6, 6.07) is 2.98. The highest BCUT2D eigenvalue weighted by Crippen LogP contribution is 2.14. The second-order valence-electron chi connectivity index (χ2n) is 2.51. The van der Waals surface area contributed by atoms with Crippen molar-refractivity contribution in [3.8, 4) is 0 Å². The molecular weight excluding hydrogens is 266 g/mol. The normalized spacial score (nSPS) is 9.53. The molecule has 6 heteroatoms. The molecule has 0 aromatic carbocycles. The fraction of sp³-hybridized carbons (Fsp3) is 0.222. The van der Waals surface area contributed by atoms with Gasteiger partial charge in [0.15, 0.2) is 5.69 Å². The monoisotopic (exact) mass is 273 g/mol. The fourth-order valence-corrected chi connectivity index (χ4v) is 1.27. The first kappa shape index (κ1) is 11.6. The van der Waals surface area contributed by atoms with E-state index in [0.29, 0.717) is 4.60 Å². The molecule has 0 bridgehead atoms. The van der Waals surface area contributed by atoms with Gasteiger partial charge in [0.05, 0.1) is 19.8 Å². The zero-order chi connectivity index (χ0) is 11.4. The van der Waals surface area contributed by atoms with Crippen LogP contribution in [0.1, 0.15) is 20.8 Å². The van der Waals surface area contributed by atoms with Gasteiger partial charge in [0, 0.05) is 0 Å². The van der Waals surface area contributed by atoms with Gasteiger partial charge >= 0.3 is 11.9 Å². The first-order chi connectivity index (χ1) is 7.10. The van der Waals surface area contributed by atoms with Gasteiger partial charge in [-0.15, -0.1) is 0 Å². The Morgan fingerprint density at radius 1 is 1.20 bits per heavy atom. The second kappa shape index (κ2) is 4.88. The molecule has 0 radical (unpaired) electrons. The molecule has 0 aliphatic rings. The van der Waals surface area contributed by atoms with Crippen molar-refractivity contribution in [3.63, 3.8) is 0 Å². The van der Waals surface area contributed by atoms with E-state index in [9.17, 15) is 9.59 Å². The predicted octanol–water partition coefficient (Wildman–Crippen LogP) is 1.42. The number of esters is 2. The number of carbonyl (C=O) groups excluding carboxylic acids is 2. The third-order valence-electron chi connectivity index (χ3n) is 1.65. The van der Waals surface area contributed by atoms with E-state index in [2.05, 4.69) is 30.4 Å². The molecule has 0 aliphatic carbocycles. The smallest absolute Gasteiger partial charge is 0.357 e. The van der Waals surface area contributed by atoms with Gasteiger partial charge in [0.25, 0.3) is 0 Å². The molecule has 0 atom stereocenters.